The van der Waals surface area contributed by atoms with Crippen LogP contribution in [0.2, 0.25) is 0 Å². The number of carbonyl (C=O) groups excluding carboxylic acids is 1. The molecular weight excluding hydrogens is 313 g/mol. The van der Waals surface area contributed by atoms with E-state index < -0.39 is 11.7 Å². The molecule has 0 heterocycles. The van der Waals surface area contributed by atoms with Crippen LogP contribution in [0, 0.1) is 11.7 Å². The molecule has 1 aliphatic rings. The molecule has 0 bridgehead atoms. The molecule has 0 saturated heterocycles. The van der Waals surface area contributed by atoms with Gasteiger partial charge >= 0.3 is 0 Å². The molecule has 2 unspecified atom stereocenters. The smallest absolute Gasteiger partial charge is 0.255 e. The standard InChI is InChI=1S/C14H17BrFNO2/c15-10-5-3-6-11(16)13(10)14(19)17-8-9-4-1-2-7-12(9)18/h3,5-6,9,12,18H,1-2,4,7-8H2,(H,17,19). The summed E-state index contributed by atoms with van der Waals surface area (Å²) in [6.07, 6.45) is 3.42. The number of nitrogens with one attached hydrogen (secondary N) is 1. The first kappa shape index (κ1) is 14.5. The van der Waals surface area contributed by atoms with E-state index in [4.69, 9.17) is 0 Å². The first-order valence-corrected chi connectivity index (χ1v) is 7.29. The van der Waals surface area contributed by atoms with Crippen LogP contribution in [0.1, 0.15) is 36.0 Å². The molecule has 0 radical (unpaired) electrons. The lowest BCUT2D eigenvalue weighted by Crippen LogP contribution is -2.37. The van der Waals surface area contributed by atoms with Crippen molar-refractivity contribution in [1.82, 2.24) is 5.32 Å². The largest absolute Gasteiger partial charge is 0.393 e. The molecule has 5 heteroatoms. The minimum absolute atomic E-state index is 0.0211. The van der Waals surface area contributed by atoms with E-state index in [1.54, 1.807) is 12.1 Å². The van der Waals surface area contributed by atoms with Crippen molar-refractivity contribution in [3.63, 3.8) is 0 Å². The fraction of sp³-hybridized carbons (Fsp3) is 0.500. The van der Waals surface area contributed by atoms with Gasteiger partial charge in [0, 0.05) is 16.9 Å². The number of hydrogen-bond donors (Lipinski definition) is 2. The summed E-state index contributed by atoms with van der Waals surface area (Å²) >= 11 is 3.18. The third kappa shape index (κ3) is 3.54. The highest BCUT2D eigenvalue weighted by Gasteiger charge is 2.24. The minimum atomic E-state index is -0.545. The summed E-state index contributed by atoms with van der Waals surface area (Å²) < 4.78 is 14.0. The van der Waals surface area contributed by atoms with Gasteiger partial charge in [-0.2, -0.15) is 0 Å². The minimum Gasteiger partial charge on any atom is -0.393 e. The summed E-state index contributed by atoms with van der Waals surface area (Å²) in [5, 5.41) is 12.5. The van der Waals surface area contributed by atoms with E-state index in [0.29, 0.717) is 11.0 Å². The van der Waals surface area contributed by atoms with Crippen LogP contribution < -0.4 is 5.32 Å². The van der Waals surface area contributed by atoms with Crippen LogP contribution in [0.3, 0.4) is 0 Å². The van der Waals surface area contributed by atoms with Gasteiger partial charge in [0.1, 0.15) is 5.82 Å². The number of amides is 1. The Morgan fingerprint density at radius 2 is 2.16 bits per heavy atom. The Labute approximate surface area is 120 Å². The number of halogens is 2. The van der Waals surface area contributed by atoms with Gasteiger partial charge in [0.15, 0.2) is 0 Å². The average molecular weight is 330 g/mol. The third-order valence-electron chi connectivity index (χ3n) is 3.58. The van der Waals surface area contributed by atoms with Crippen molar-refractivity contribution >= 4 is 21.8 Å². The Morgan fingerprint density at radius 1 is 1.42 bits per heavy atom. The molecule has 1 amide bonds. The van der Waals surface area contributed by atoms with Crippen molar-refractivity contribution in [2.75, 3.05) is 6.54 Å². The van der Waals surface area contributed by atoms with Crippen LogP contribution in [0.15, 0.2) is 22.7 Å². The van der Waals surface area contributed by atoms with E-state index in [-0.39, 0.29) is 17.6 Å². The van der Waals surface area contributed by atoms with Gasteiger partial charge in [-0.15, -0.1) is 0 Å². The lowest BCUT2D eigenvalue weighted by Gasteiger charge is -2.27. The molecule has 3 nitrogen and oxygen atoms in total. The van der Waals surface area contributed by atoms with Crippen molar-refractivity contribution in [3.05, 3.63) is 34.1 Å². The summed E-state index contributed by atoms with van der Waals surface area (Å²) in [4.78, 5) is 12.0. The van der Waals surface area contributed by atoms with E-state index in [0.717, 1.165) is 25.7 Å². The predicted octanol–water partition coefficient (Wildman–Crippen LogP) is 2.87. The molecule has 19 heavy (non-hydrogen) atoms. The second kappa shape index (κ2) is 6.48. The molecule has 0 aliphatic heterocycles. The van der Waals surface area contributed by atoms with Crippen LogP contribution in [-0.2, 0) is 0 Å². The number of aliphatic hydroxyl groups is 1. The van der Waals surface area contributed by atoms with Gasteiger partial charge in [-0.05, 0) is 40.9 Å². The summed E-state index contributed by atoms with van der Waals surface area (Å²) in [6.45, 7) is 0.390. The summed E-state index contributed by atoms with van der Waals surface area (Å²) in [5.41, 5.74) is 0.0211. The predicted molar refractivity (Wildman–Crippen MR) is 74.4 cm³/mol. The SMILES string of the molecule is O=C(NCC1CCCCC1O)c1c(F)cccc1Br. The topological polar surface area (TPSA) is 49.3 Å². The lowest BCUT2D eigenvalue weighted by molar-refractivity contribution is 0.0662. The number of carbonyl (C=O) groups is 1. The maximum atomic E-state index is 13.6. The van der Waals surface area contributed by atoms with Gasteiger partial charge < -0.3 is 10.4 Å². The molecule has 0 aromatic heterocycles. The van der Waals surface area contributed by atoms with E-state index in [1.807, 2.05) is 0 Å². The van der Waals surface area contributed by atoms with Gasteiger partial charge in [0.25, 0.3) is 5.91 Å². The van der Waals surface area contributed by atoms with Crippen LogP contribution in [0.4, 0.5) is 4.39 Å². The summed E-state index contributed by atoms with van der Waals surface area (Å²) in [5.74, 6) is -0.915. The lowest BCUT2D eigenvalue weighted by atomic mass is 9.86. The van der Waals surface area contributed by atoms with Crippen LogP contribution in [0.5, 0.6) is 0 Å². The van der Waals surface area contributed by atoms with Gasteiger partial charge in [-0.25, -0.2) is 4.39 Å². The first-order chi connectivity index (χ1) is 9.09. The number of hydrogen-bond acceptors (Lipinski definition) is 2. The average Bonchev–Trinajstić information content (AvgIpc) is 2.37. The maximum absolute atomic E-state index is 13.6. The van der Waals surface area contributed by atoms with Crippen LogP contribution in [0.25, 0.3) is 0 Å². The quantitative estimate of drug-likeness (QED) is 0.895. The maximum Gasteiger partial charge on any atom is 0.255 e. The monoisotopic (exact) mass is 329 g/mol. The van der Waals surface area contributed by atoms with E-state index in [9.17, 15) is 14.3 Å². The Morgan fingerprint density at radius 3 is 2.84 bits per heavy atom. The van der Waals surface area contributed by atoms with Crippen LogP contribution in [-0.4, -0.2) is 23.7 Å². The van der Waals surface area contributed by atoms with E-state index in [1.165, 1.54) is 6.07 Å². The molecule has 2 rings (SSSR count). The van der Waals surface area contributed by atoms with Crippen molar-refractivity contribution in [3.8, 4) is 0 Å². The Kier molecular flexibility index (Phi) is 4.93. The molecule has 1 saturated carbocycles. The molecule has 1 aliphatic carbocycles. The molecule has 2 atom stereocenters. The summed E-state index contributed by atoms with van der Waals surface area (Å²) in [7, 11) is 0. The Bertz CT molecular complexity index is 447. The van der Waals surface area contributed by atoms with Crippen molar-refractivity contribution < 1.29 is 14.3 Å². The highest BCUT2D eigenvalue weighted by atomic mass is 79.9. The molecule has 1 aromatic carbocycles. The molecule has 2 N–H and O–H groups in total. The van der Waals surface area contributed by atoms with Crippen molar-refractivity contribution in [2.45, 2.75) is 31.8 Å². The molecule has 0 spiro atoms. The highest BCUT2D eigenvalue weighted by molar-refractivity contribution is 9.10. The zero-order valence-corrected chi connectivity index (χ0v) is 12.1. The number of benzene rings is 1. The van der Waals surface area contributed by atoms with Gasteiger partial charge in [0.2, 0.25) is 0 Å². The highest BCUT2D eigenvalue weighted by Crippen LogP contribution is 2.24. The fourth-order valence-corrected chi connectivity index (χ4v) is 2.98. The number of rotatable bonds is 3. The van der Waals surface area contributed by atoms with Crippen molar-refractivity contribution in [2.24, 2.45) is 5.92 Å². The molecular formula is C14H17BrFNO2. The Balaban J connectivity index is 1.97. The van der Waals surface area contributed by atoms with Crippen molar-refractivity contribution in [1.29, 1.82) is 0 Å². The van der Waals surface area contributed by atoms with E-state index in [2.05, 4.69) is 21.2 Å². The number of aliphatic hydroxyl groups excluding tert-OH is 1. The second-order valence-corrected chi connectivity index (χ2v) is 5.77. The zero-order chi connectivity index (χ0) is 13.8. The molecule has 104 valence electrons. The van der Waals surface area contributed by atoms with Gasteiger partial charge in [0.05, 0.1) is 11.7 Å². The van der Waals surface area contributed by atoms with Gasteiger partial charge in [-0.3, -0.25) is 4.79 Å². The first-order valence-electron chi connectivity index (χ1n) is 6.50. The van der Waals surface area contributed by atoms with Crippen LogP contribution >= 0.6 is 15.9 Å². The zero-order valence-electron chi connectivity index (χ0n) is 10.5. The molecule has 1 fully saturated rings. The fourth-order valence-electron chi connectivity index (χ4n) is 2.45. The third-order valence-corrected chi connectivity index (χ3v) is 4.24. The van der Waals surface area contributed by atoms with Gasteiger partial charge in [-0.1, -0.05) is 18.9 Å². The molecule has 1 aromatic rings. The summed E-state index contributed by atoms with van der Waals surface area (Å²) in [6, 6.07) is 4.43. The normalized spacial score (nSPS) is 23.1. The Hall–Kier alpha value is -0.940. The van der Waals surface area contributed by atoms with E-state index >= 15 is 0 Å². The second-order valence-electron chi connectivity index (χ2n) is 4.92.